The van der Waals surface area contributed by atoms with Gasteiger partial charge in [0, 0.05) is 5.92 Å². The third-order valence-electron chi connectivity index (χ3n) is 4.48. The first-order chi connectivity index (χ1) is 8.84. The van der Waals surface area contributed by atoms with Gasteiger partial charge in [0.15, 0.2) is 0 Å². The minimum Gasteiger partial charge on any atom is -0.234 e. The Bertz CT molecular complexity index is 437. The lowest BCUT2D eigenvalue weighted by Gasteiger charge is -2.18. The number of nitrogens with zero attached hydrogens (tertiary/aromatic N) is 2. The Morgan fingerprint density at radius 2 is 1.83 bits per heavy atom. The maximum absolute atomic E-state index is 2.43. The molecule has 0 spiro atoms. The molecular formula is C16H23N2+. The van der Waals surface area contributed by atoms with Crippen molar-refractivity contribution in [2.75, 3.05) is 0 Å². The molecule has 0 amide bonds. The third kappa shape index (κ3) is 2.29. The quantitative estimate of drug-likeness (QED) is 0.717. The lowest BCUT2D eigenvalue weighted by molar-refractivity contribution is -0.725. The molecular weight excluding hydrogens is 220 g/mol. The molecule has 2 aliphatic rings. The molecule has 96 valence electrons. The summed E-state index contributed by atoms with van der Waals surface area (Å²) in [5.41, 5.74) is 0. The van der Waals surface area contributed by atoms with Gasteiger partial charge in [-0.25, -0.2) is 9.13 Å². The normalized spacial score (nSPS) is 22.7. The van der Waals surface area contributed by atoms with Crippen molar-refractivity contribution in [1.82, 2.24) is 4.57 Å². The van der Waals surface area contributed by atoms with E-state index in [0.717, 1.165) is 6.04 Å². The molecule has 0 N–H and O–H groups in total. The Morgan fingerprint density at radius 1 is 1.11 bits per heavy atom. The summed E-state index contributed by atoms with van der Waals surface area (Å²) < 4.78 is 4.79. The summed E-state index contributed by atoms with van der Waals surface area (Å²) >= 11 is 0. The van der Waals surface area contributed by atoms with Gasteiger partial charge in [0.25, 0.3) is 0 Å². The molecule has 1 aromatic heterocycles. The first-order valence-electron chi connectivity index (χ1n) is 7.28. The number of rotatable bonds is 3. The second-order valence-corrected chi connectivity index (χ2v) is 5.69. The van der Waals surface area contributed by atoms with Crippen molar-refractivity contribution in [3.8, 4) is 0 Å². The maximum atomic E-state index is 2.43. The minimum absolute atomic E-state index is 0.518. The van der Waals surface area contributed by atoms with E-state index in [-0.39, 0.29) is 0 Å². The summed E-state index contributed by atoms with van der Waals surface area (Å²) in [5.74, 6) is 0.553. The lowest BCUT2D eigenvalue weighted by Crippen LogP contribution is -2.38. The van der Waals surface area contributed by atoms with Crippen LogP contribution in [-0.2, 0) is 0 Å². The number of hydrogen-bond acceptors (Lipinski definition) is 0. The Balaban J connectivity index is 1.72. The van der Waals surface area contributed by atoms with Gasteiger partial charge in [-0.15, -0.1) is 0 Å². The van der Waals surface area contributed by atoms with Gasteiger partial charge in [-0.2, -0.15) is 0 Å². The van der Waals surface area contributed by atoms with Gasteiger partial charge in [-0.05, 0) is 32.6 Å². The van der Waals surface area contributed by atoms with Gasteiger partial charge in [-0.3, -0.25) is 0 Å². The summed E-state index contributed by atoms with van der Waals surface area (Å²) in [5, 5.41) is 0. The van der Waals surface area contributed by atoms with E-state index in [1.807, 2.05) is 0 Å². The standard InChI is InChI=1S/C16H23N2/c1-14(15-7-5-6-8-15)17-11-12-18(13-17)16-9-3-2-4-10-16/h5-8,11-16H,2-4,9-10H2,1H3/q+1. The molecule has 2 heteroatoms. The molecule has 1 fully saturated rings. The van der Waals surface area contributed by atoms with E-state index in [9.17, 15) is 0 Å². The molecule has 0 aliphatic heterocycles. The predicted molar refractivity (Wildman–Crippen MR) is 73.2 cm³/mol. The van der Waals surface area contributed by atoms with Crippen molar-refractivity contribution in [3.63, 3.8) is 0 Å². The molecule has 2 aliphatic carbocycles. The lowest BCUT2D eigenvalue weighted by atomic mass is 9.95. The van der Waals surface area contributed by atoms with Gasteiger partial charge in [0.1, 0.15) is 24.5 Å². The molecule has 0 aromatic carbocycles. The molecule has 0 saturated heterocycles. The molecule has 1 atom stereocenters. The molecule has 3 rings (SSSR count). The van der Waals surface area contributed by atoms with Crippen molar-refractivity contribution in [2.24, 2.45) is 5.92 Å². The van der Waals surface area contributed by atoms with Gasteiger partial charge in [0.05, 0.1) is 0 Å². The molecule has 1 aromatic rings. The number of hydrogen-bond donors (Lipinski definition) is 0. The van der Waals surface area contributed by atoms with Crippen LogP contribution in [0.15, 0.2) is 43.0 Å². The number of allylic oxidation sites excluding steroid dienone is 4. The van der Waals surface area contributed by atoms with Crippen molar-refractivity contribution in [2.45, 2.75) is 51.1 Å². The fourth-order valence-corrected chi connectivity index (χ4v) is 3.19. The number of aromatic nitrogens is 2. The highest BCUT2D eigenvalue weighted by Gasteiger charge is 2.23. The zero-order valence-electron chi connectivity index (χ0n) is 11.2. The van der Waals surface area contributed by atoms with E-state index in [1.54, 1.807) is 0 Å². The van der Waals surface area contributed by atoms with Crippen LogP contribution < -0.4 is 4.57 Å². The molecule has 18 heavy (non-hydrogen) atoms. The first-order valence-corrected chi connectivity index (χ1v) is 7.28. The van der Waals surface area contributed by atoms with Crippen LogP contribution in [-0.4, -0.2) is 4.57 Å². The van der Waals surface area contributed by atoms with Crippen LogP contribution in [0.2, 0.25) is 0 Å². The topological polar surface area (TPSA) is 8.81 Å². The fourth-order valence-electron chi connectivity index (χ4n) is 3.19. The van der Waals surface area contributed by atoms with Crippen molar-refractivity contribution >= 4 is 0 Å². The molecule has 0 bridgehead atoms. The SMILES string of the molecule is CC(C1C=CC=C1)n1cc[n+](C2CCCCC2)c1. The zero-order valence-corrected chi connectivity index (χ0v) is 11.2. The summed E-state index contributed by atoms with van der Waals surface area (Å²) in [6, 6.07) is 1.26. The van der Waals surface area contributed by atoms with Crippen LogP contribution in [0.3, 0.4) is 0 Å². The van der Waals surface area contributed by atoms with Crippen LogP contribution in [0.4, 0.5) is 0 Å². The van der Waals surface area contributed by atoms with Crippen LogP contribution in [0.5, 0.6) is 0 Å². The Hall–Kier alpha value is -1.31. The molecule has 1 unspecified atom stereocenters. The smallest absolute Gasteiger partial charge is 0.234 e. The van der Waals surface area contributed by atoms with Crippen molar-refractivity contribution in [1.29, 1.82) is 0 Å². The second kappa shape index (κ2) is 5.13. The van der Waals surface area contributed by atoms with Crippen LogP contribution in [0, 0.1) is 5.92 Å². The average molecular weight is 243 g/mol. The van der Waals surface area contributed by atoms with Gasteiger partial charge in [0.2, 0.25) is 6.33 Å². The van der Waals surface area contributed by atoms with E-state index >= 15 is 0 Å². The second-order valence-electron chi connectivity index (χ2n) is 5.69. The van der Waals surface area contributed by atoms with Gasteiger partial charge in [-0.1, -0.05) is 30.7 Å². The van der Waals surface area contributed by atoms with Crippen molar-refractivity contribution < 1.29 is 4.57 Å². The van der Waals surface area contributed by atoms with E-state index in [4.69, 9.17) is 0 Å². The third-order valence-corrected chi connectivity index (χ3v) is 4.48. The summed E-state index contributed by atoms with van der Waals surface area (Å²) in [6.45, 7) is 2.30. The Morgan fingerprint density at radius 3 is 2.56 bits per heavy atom. The highest BCUT2D eigenvalue weighted by atomic mass is 15.1. The summed E-state index contributed by atoms with van der Waals surface area (Å²) in [6.07, 6.45) is 22.6. The highest BCUT2D eigenvalue weighted by Crippen LogP contribution is 2.26. The molecule has 1 heterocycles. The first kappa shape index (κ1) is 11.8. The van der Waals surface area contributed by atoms with E-state index < -0.39 is 0 Å². The minimum atomic E-state index is 0.518. The predicted octanol–water partition coefficient (Wildman–Crippen LogP) is 3.58. The van der Waals surface area contributed by atoms with Crippen LogP contribution >= 0.6 is 0 Å². The van der Waals surface area contributed by atoms with Gasteiger partial charge < -0.3 is 0 Å². The highest BCUT2D eigenvalue weighted by molar-refractivity contribution is 5.19. The molecule has 1 saturated carbocycles. The van der Waals surface area contributed by atoms with E-state index in [0.29, 0.717) is 12.0 Å². The molecule has 2 nitrogen and oxygen atoms in total. The monoisotopic (exact) mass is 243 g/mol. The fraction of sp³-hybridized carbons (Fsp3) is 0.562. The van der Waals surface area contributed by atoms with Crippen molar-refractivity contribution in [3.05, 3.63) is 43.0 Å². The van der Waals surface area contributed by atoms with E-state index in [1.165, 1.54) is 32.1 Å². The maximum Gasteiger partial charge on any atom is 0.244 e. The summed E-state index contributed by atoms with van der Waals surface area (Å²) in [4.78, 5) is 0. The Kier molecular flexibility index (Phi) is 3.35. The Labute approximate surface area is 110 Å². The largest absolute Gasteiger partial charge is 0.244 e. The van der Waals surface area contributed by atoms with Crippen LogP contribution in [0.25, 0.3) is 0 Å². The van der Waals surface area contributed by atoms with Gasteiger partial charge >= 0.3 is 0 Å². The van der Waals surface area contributed by atoms with Crippen LogP contribution in [0.1, 0.15) is 51.1 Å². The summed E-state index contributed by atoms with van der Waals surface area (Å²) in [7, 11) is 0. The molecule has 0 radical (unpaired) electrons. The average Bonchev–Trinajstić information content (AvgIpc) is 3.10. The van der Waals surface area contributed by atoms with E-state index in [2.05, 4.69) is 59.1 Å². The zero-order chi connectivity index (χ0) is 12.4. The number of imidazole rings is 1.